The van der Waals surface area contributed by atoms with Crippen LogP contribution in [0.15, 0.2) is 0 Å². The maximum atomic E-state index is 13.2. The molecule has 1 saturated heterocycles. The Morgan fingerprint density at radius 3 is 2.27 bits per heavy atom. The molecule has 0 aromatic carbocycles. The van der Waals surface area contributed by atoms with E-state index in [9.17, 15) is 18.4 Å². The minimum atomic E-state index is -3.10. The van der Waals surface area contributed by atoms with Crippen molar-refractivity contribution in [2.45, 2.75) is 44.4 Å². The van der Waals surface area contributed by atoms with Crippen LogP contribution < -0.4 is 11.1 Å². The average Bonchev–Trinajstić information content (AvgIpc) is 3.06. The summed E-state index contributed by atoms with van der Waals surface area (Å²) in [7, 11) is 0. The van der Waals surface area contributed by atoms with Crippen LogP contribution >= 0.6 is 0 Å². The topological polar surface area (TPSA) is 75.4 Å². The van der Waals surface area contributed by atoms with E-state index in [2.05, 4.69) is 5.32 Å². The Hall–Kier alpha value is -1.24. The number of hydrogen-bond donors (Lipinski definition) is 2. The molecule has 2 rings (SSSR count). The normalized spacial score (nSPS) is 26.0. The zero-order chi connectivity index (χ0) is 16.2. The SMILES string of the molecule is NCC(F)(F)CNC(=O)C1CCCCC1C(=O)N1CCCC1. The molecule has 5 nitrogen and oxygen atoms in total. The van der Waals surface area contributed by atoms with Crippen LogP contribution in [0.5, 0.6) is 0 Å². The monoisotopic (exact) mass is 317 g/mol. The third-order valence-electron chi connectivity index (χ3n) is 4.66. The van der Waals surface area contributed by atoms with Crippen molar-refractivity contribution in [3.05, 3.63) is 0 Å². The lowest BCUT2D eigenvalue weighted by Crippen LogP contribution is -2.48. The Balaban J connectivity index is 1.96. The van der Waals surface area contributed by atoms with Crippen LogP contribution in [0.2, 0.25) is 0 Å². The smallest absolute Gasteiger partial charge is 0.277 e. The number of hydrogen-bond acceptors (Lipinski definition) is 3. The molecule has 0 aromatic heterocycles. The maximum Gasteiger partial charge on any atom is 0.277 e. The molecule has 1 heterocycles. The Kier molecular flexibility index (Phi) is 5.72. The molecule has 2 fully saturated rings. The Labute approximate surface area is 129 Å². The molecule has 0 spiro atoms. The number of nitrogens with zero attached hydrogens (tertiary/aromatic N) is 1. The second-order valence-corrected chi connectivity index (χ2v) is 6.31. The Morgan fingerprint density at radius 1 is 1.09 bits per heavy atom. The number of alkyl halides is 2. The lowest BCUT2D eigenvalue weighted by molar-refractivity contribution is -0.143. The first-order chi connectivity index (χ1) is 10.4. The highest BCUT2D eigenvalue weighted by molar-refractivity contribution is 5.88. The van der Waals surface area contributed by atoms with Gasteiger partial charge in [0.2, 0.25) is 11.8 Å². The van der Waals surface area contributed by atoms with Gasteiger partial charge in [-0.15, -0.1) is 0 Å². The highest BCUT2D eigenvalue weighted by atomic mass is 19.3. The zero-order valence-electron chi connectivity index (χ0n) is 12.8. The van der Waals surface area contributed by atoms with Gasteiger partial charge in [-0.3, -0.25) is 9.59 Å². The summed E-state index contributed by atoms with van der Waals surface area (Å²) in [4.78, 5) is 26.6. The van der Waals surface area contributed by atoms with E-state index in [1.807, 2.05) is 4.90 Å². The number of nitrogens with two attached hydrogens (primary N) is 1. The van der Waals surface area contributed by atoms with Crippen LogP contribution in [0.3, 0.4) is 0 Å². The molecule has 126 valence electrons. The van der Waals surface area contributed by atoms with Gasteiger partial charge < -0.3 is 16.0 Å². The second kappa shape index (κ2) is 7.35. The fourth-order valence-corrected chi connectivity index (χ4v) is 3.33. The van der Waals surface area contributed by atoms with Gasteiger partial charge >= 0.3 is 0 Å². The van der Waals surface area contributed by atoms with Gasteiger partial charge in [0.1, 0.15) is 0 Å². The van der Waals surface area contributed by atoms with Crippen LogP contribution in [0.4, 0.5) is 8.78 Å². The molecule has 1 aliphatic heterocycles. The summed E-state index contributed by atoms with van der Waals surface area (Å²) in [6, 6.07) is 0. The summed E-state index contributed by atoms with van der Waals surface area (Å²) in [6.07, 6.45) is 5.02. The molecule has 7 heteroatoms. The predicted octanol–water partition coefficient (Wildman–Crippen LogP) is 1.13. The highest BCUT2D eigenvalue weighted by Crippen LogP contribution is 2.32. The molecule has 1 saturated carbocycles. The summed E-state index contributed by atoms with van der Waals surface area (Å²) in [5.74, 6) is -4.37. The van der Waals surface area contributed by atoms with Crippen molar-refractivity contribution >= 4 is 11.8 Å². The van der Waals surface area contributed by atoms with Gasteiger partial charge in [-0.25, -0.2) is 8.78 Å². The van der Waals surface area contributed by atoms with E-state index >= 15 is 0 Å². The molecule has 22 heavy (non-hydrogen) atoms. The minimum absolute atomic E-state index is 0.0166. The summed E-state index contributed by atoms with van der Waals surface area (Å²) in [6.45, 7) is -0.0681. The van der Waals surface area contributed by atoms with Crippen molar-refractivity contribution in [2.24, 2.45) is 17.6 Å². The van der Waals surface area contributed by atoms with Crippen molar-refractivity contribution in [1.82, 2.24) is 10.2 Å². The highest BCUT2D eigenvalue weighted by Gasteiger charge is 2.39. The molecule has 0 bridgehead atoms. The van der Waals surface area contributed by atoms with Gasteiger partial charge in [-0.1, -0.05) is 12.8 Å². The summed E-state index contributed by atoms with van der Waals surface area (Å²) >= 11 is 0. The first-order valence-corrected chi connectivity index (χ1v) is 8.09. The van der Waals surface area contributed by atoms with Gasteiger partial charge in [-0.05, 0) is 25.7 Å². The maximum absolute atomic E-state index is 13.2. The predicted molar refractivity (Wildman–Crippen MR) is 78.3 cm³/mol. The number of rotatable bonds is 5. The van der Waals surface area contributed by atoms with Crippen LogP contribution in [0, 0.1) is 11.8 Å². The summed E-state index contributed by atoms with van der Waals surface area (Å²) in [5, 5.41) is 2.28. The first kappa shape index (κ1) is 17.1. The standard InChI is InChI=1S/C15H25F2N3O2/c16-15(17,9-18)10-19-13(21)11-5-1-2-6-12(11)14(22)20-7-3-4-8-20/h11-12H,1-10,18H2,(H,19,21). The van der Waals surface area contributed by atoms with Crippen LogP contribution in [-0.2, 0) is 9.59 Å². The first-order valence-electron chi connectivity index (χ1n) is 8.09. The number of halogens is 2. The van der Waals surface area contributed by atoms with Crippen molar-refractivity contribution < 1.29 is 18.4 Å². The molecule has 2 amide bonds. The Bertz CT molecular complexity index is 412. The largest absolute Gasteiger partial charge is 0.350 e. The number of carbonyl (C=O) groups excluding carboxylic acids is 2. The van der Waals surface area contributed by atoms with Crippen LogP contribution in [0.1, 0.15) is 38.5 Å². The summed E-state index contributed by atoms with van der Waals surface area (Å²) < 4.78 is 26.3. The number of nitrogens with one attached hydrogen (secondary N) is 1. The number of carbonyl (C=O) groups is 2. The van der Waals surface area contributed by atoms with Gasteiger partial charge in [0.05, 0.1) is 13.1 Å². The van der Waals surface area contributed by atoms with E-state index in [4.69, 9.17) is 5.73 Å². The lowest BCUT2D eigenvalue weighted by atomic mass is 9.78. The molecule has 0 radical (unpaired) electrons. The molecule has 2 unspecified atom stereocenters. The fourth-order valence-electron chi connectivity index (χ4n) is 3.33. The van der Waals surface area contributed by atoms with Gasteiger partial charge in [-0.2, -0.15) is 0 Å². The van der Waals surface area contributed by atoms with Crippen molar-refractivity contribution in [1.29, 1.82) is 0 Å². The summed E-state index contributed by atoms with van der Waals surface area (Å²) in [5.41, 5.74) is 4.97. The van der Waals surface area contributed by atoms with E-state index < -0.39 is 30.8 Å². The van der Waals surface area contributed by atoms with E-state index in [0.717, 1.165) is 38.8 Å². The minimum Gasteiger partial charge on any atom is -0.350 e. The number of likely N-dealkylation sites (tertiary alicyclic amines) is 1. The van der Waals surface area contributed by atoms with Gasteiger partial charge in [0, 0.05) is 24.9 Å². The van der Waals surface area contributed by atoms with Gasteiger partial charge in [0.25, 0.3) is 5.92 Å². The fraction of sp³-hybridized carbons (Fsp3) is 0.867. The third-order valence-corrected chi connectivity index (χ3v) is 4.66. The van der Waals surface area contributed by atoms with Crippen LogP contribution in [0.25, 0.3) is 0 Å². The quantitative estimate of drug-likeness (QED) is 0.798. The van der Waals surface area contributed by atoms with Crippen molar-refractivity contribution in [2.75, 3.05) is 26.2 Å². The second-order valence-electron chi connectivity index (χ2n) is 6.31. The molecule has 1 aliphatic carbocycles. The van der Waals surface area contributed by atoms with Gasteiger partial charge in [0.15, 0.2) is 0 Å². The van der Waals surface area contributed by atoms with Crippen molar-refractivity contribution in [3.8, 4) is 0 Å². The molecule has 0 aromatic rings. The Morgan fingerprint density at radius 2 is 1.68 bits per heavy atom. The number of amides is 2. The van der Waals surface area contributed by atoms with E-state index in [0.29, 0.717) is 12.8 Å². The zero-order valence-corrected chi connectivity index (χ0v) is 12.8. The molecule has 2 atom stereocenters. The molecular formula is C15H25F2N3O2. The van der Waals surface area contributed by atoms with Crippen molar-refractivity contribution in [3.63, 3.8) is 0 Å². The third kappa shape index (κ3) is 4.15. The lowest BCUT2D eigenvalue weighted by Gasteiger charge is -2.32. The van der Waals surface area contributed by atoms with E-state index in [1.165, 1.54) is 0 Å². The average molecular weight is 317 g/mol. The molecule has 3 N–H and O–H groups in total. The van der Waals surface area contributed by atoms with E-state index in [1.54, 1.807) is 0 Å². The van der Waals surface area contributed by atoms with E-state index in [-0.39, 0.29) is 11.8 Å². The van der Waals surface area contributed by atoms with Crippen LogP contribution in [-0.4, -0.2) is 48.8 Å². The molecular weight excluding hydrogens is 292 g/mol. The molecule has 2 aliphatic rings.